The molecule has 0 unspecified atom stereocenters. The number of hydrogen-bond acceptors (Lipinski definition) is 4. The molecule has 4 aliphatic rings. The van der Waals surface area contributed by atoms with Crippen LogP contribution in [0.1, 0.15) is 109 Å². The summed E-state index contributed by atoms with van der Waals surface area (Å²) in [5.74, 6) is 2.53. The topological polar surface area (TPSA) is 73.8 Å². The van der Waals surface area contributed by atoms with E-state index in [-0.39, 0.29) is 10.8 Å². The molecule has 1 heterocycles. The number of aryl methyl sites for hydroxylation is 1. The first-order valence-electron chi connectivity index (χ1n) is 16.1. The largest absolute Gasteiger partial charge is 0.468 e. The van der Waals surface area contributed by atoms with Crippen LogP contribution in [0.25, 0.3) is 0 Å². The quantitative estimate of drug-likeness (QED) is 0.207. The first kappa shape index (κ1) is 29.6. The fraction of sp³-hybridized carbons (Fsp3) is 0.667. The van der Waals surface area contributed by atoms with Gasteiger partial charge in [0.15, 0.2) is 0 Å². The Kier molecular flexibility index (Phi) is 9.00. The predicted molar refractivity (Wildman–Crippen MR) is 162 cm³/mol. The van der Waals surface area contributed by atoms with Gasteiger partial charge in [0.2, 0.25) is 0 Å². The third kappa shape index (κ3) is 5.87. The van der Waals surface area contributed by atoms with Crippen LogP contribution >= 0.6 is 0 Å². The van der Waals surface area contributed by atoms with Crippen molar-refractivity contribution in [1.29, 1.82) is 0 Å². The number of hydrogen-bond donors (Lipinski definition) is 3. The SMILES string of the molecule is C=C1C(=CC=C2CCC[C@]3(C)[C@@H]([C@H](C)C=C[C@H](O)C4(c5cc(CCCCC)co5)CC4)CC[C@@H]23)C[C@@H](O)C[C@@H]1O. The summed E-state index contributed by atoms with van der Waals surface area (Å²) in [4.78, 5) is 0. The zero-order valence-corrected chi connectivity index (χ0v) is 25.1. The molecule has 0 bridgehead atoms. The fourth-order valence-electron chi connectivity index (χ4n) is 8.38. The van der Waals surface area contributed by atoms with E-state index in [4.69, 9.17) is 4.42 Å². The van der Waals surface area contributed by atoms with Gasteiger partial charge in [0.25, 0.3) is 0 Å². The van der Waals surface area contributed by atoms with E-state index in [1.807, 2.05) is 6.26 Å². The monoisotopic (exact) mass is 548 g/mol. The van der Waals surface area contributed by atoms with Gasteiger partial charge in [0.05, 0.1) is 30.0 Å². The number of unbranched alkanes of at least 4 members (excludes halogenated alkanes) is 2. The maximum Gasteiger partial charge on any atom is 0.113 e. The normalized spacial score (nSPS) is 35.4. The van der Waals surface area contributed by atoms with E-state index in [2.05, 4.69) is 57.7 Å². The van der Waals surface area contributed by atoms with Gasteiger partial charge in [-0.25, -0.2) is 0 Å². The van der Waals surface area contributed by atoms with Crippen LogP contribution in [0.2, 0.25) is 0 Å². The maximum absolute atomic E-state index is 11.3. The molecule has 40 heavy (non-hydrogen) atoms. The number of aliphatic hydroxyl groups is 3. The van der Waals surface area contributed by atoms with Crippen LogP contribution in [0.3, 0.4) is 0 Å². The second-order valence-electron chi connectivity index (χ2n) is 13.8. The Morgan fingerprint density at radius 2 is 1.93 bits per heavy atom. The molecule has 4 fully saturated rings. The standard InChI is InChI=1S/C36H52O4/c1-5-6-7-9-26-20-34(40-23-26)36(18-19-36)33(39)16-11-24(2)30-14-15-31-27(10-8-17-35(30,31)4)12-13-28-21-29(37)22-32(38)25(28)3/h11-13,16,20,23-24,29-33,37-39H,3,5-10,14-15,17-19,21-22H2,1-2,4H3/t24-,29-,30-,31+,32+,33+,35-/m1/s1. The van der Waals surface area contributed by atoms with E-state index >= 15 is 0 Å². The minimum absolute atomic E-state index is 0.236. The lowest BCUT2D eigenvalue weighted by molar-refractivity contribution is 0.0862. The van der Waals surface area contributed by atoms with Crippen molar-refractivity contribution in [2.24, 2.45) is 23.2 Å². The molecular weight excluding hydrogens is 496 g/mol. The molecule has 220 valence electrons. The molecule has 7 atom stereocenters. The third-order valence-electron chi connectivity index (χ3n) is 11.1. The van der Waals surface area contributed by atoms with E-state index in [0.717, 1.165) is 42.6 Å². The van der Waals surface area contributed by atoms with Crippen molar-refractivity contribution >= 4 is 0 Å². The van der Waals surface area contributed by atoms with Gasteiger partial charge in [0.1, 0.15) is 5.76 Å². The van der Waals surface area contributed by atoms with Gasteiger partial charge in [0, 0.05) is 6.42 Å². The minimum atomic E-state index is -0.640. The van der Waals surface area contributed by atoms with E-state index in [9.17, 15) is 15.3 Å². The molecule has 0 aromatic carbocycles. The lowest BCUT2D eigenvalue weighted by atomic mass is 9.61. The Morgan fingerprint density at radius 1 is 1.12 bits per heavy atom. The average molecular weight is 549 g/mol. The van der Waals surface area contributed by atoms with E-state index in [1.54, 1.807) is 0 Å². The van der Waals surface area contributed by atoms with Gasteiger partial charge in [-0.15, -0.1) is 0 Å². The summed E-state index contributed by atoms with van der Waals surface area (Å²) in [6.07, 6.45) is 22.7. The molecular formula is C36H52O4. The summed E-state index contributed by atoms with van der Waals surface area (Å²) in [6.45, 7) is 11.2. The Labute approximate surface area is 242 Å². The highest BCUT2D eigenvalue weighted by Crippen LogP contribution is 2.60. The average Bonchev–Trinajstić information content (AvgIpc) is 3.46. The lowest BCUT2D eigenvalue weighted by Crippen LogP contribution is -2.35. The van der Waals surface area contributed by atoms with Gasteiger partial charge in [-0.05, 0) is 110 Å². The van der Waals surface area contributed by atoms with Gasteiger partial charge in [-0.1, -0.05) is 70.1 Å². The van der Waals surface area contributed by atoms with E-state index < -0.39 is 18.3 Å². The molecule has 1 aromatic rings. The number of furan rings is 1. The molecule has 4 aliphatic carbocycles. The molecule has 4 nitrogen and oxygen atoms in total. The molecule has 1 aromatic heterocycles. The smallest absolute Gasteiger partial charge is 0.113 e. The summed E-state index contributed by atoms with van der Waals surface area (Å²) in [5, 5.41) is 31.7. The molecule has 0 radical (unpaired) electrons. The first-order valence-corrected chi connectivity index (χ1v) is 16.1. The second-order valence-corrected chi connectivity index (χ2v) is 13.8. The van der Waals surface area contributed by atoms with Crippen molar-refractivity contribution in [3.63, 3.8) is 0 Å². The van der Waals surface area contributed by atoms with Crippen LogP contribution in [-0.2, 0) is 11.8 Å². The molecule has 0 saturated heterocycles. The molecule has 0 amide bonds. The van der Waals surface area contributed by atoms with Crippen LogP contribution in [0.5, 0.6) is 0 Å². The molecule has 4 saturated carbocycles. The number of allylic oxidation sites excluding steroid dienone is 4. The maximum atomic E-state index is 11.3. The molecule has 0 spiro atoms. The Hall–Kier alpha value is -1.88. The highest BCUT2D eigenvalue weighted by Gasteiger charge is 2.53. The van der Waals surface area contributed by atoms with Crippen LogP contribution in [0, 0.1) is 23.2 Å². The number of fused-ring (bicyclic) bond motifs is 1. The number of rotatable bonds is 10. The summed E-state index contributed by atoms with van der Waals surface area (Å²) in [6, 6.07) is 2.20. The van der Waals surface area contributed by atoms with E-state index in [1.165, 1.54) is 56.1 Å². The predicted octanol–water partition coefficient (Wildman–Crippen LogP) is 7.74. The fourth-order valence-corrected chi connectivity index (χ4v) is 8.38. The van der Waals surface area contributed by atoms with Crippen LogP contribution in [-0.4, -0.2) is 33.6 Å². The highest BCUT2D eigenvalue weighted by atomic mass is 16.3. The highest BCUT2D eigenvalue weighted by molar-refractivity contribution is 5.39. The minimum Gasteiger partial charge on any atom is -0.468 e. The summed E-state index contributed by atoms with van der Waals surface area (Å²) >= 11 is 0. The third-order valence-corrected chi connectivity index (χ3v) is 11.1. The van der Waals surface area contributed by atoms with Gasteiger partial charge >= 0.3 is 0 Å². The summed E-state index contributed by atoms with van der Waals surface area (Å²) < 4.78 is 6.00. The van der Waals surface area contributed by atoms with Crippen molar-refractivity contribution in [3.05, 3.63) is 71.3 Å². The van der Waals surface area contributed by atoms with Crippen LogP contribution in [0.15, 0.2) is 64.3 Å². The van der Waals surface area contributed by atoms with E-state index in [0.29, 0.717) is 30.6 Å². The van der Waals surface area contributed by atoms with Crippen molar-refractivity contribution in [3.8, 4) is 0 Å². The summed E-state index contributed by atoms with van der Waals surface area (Å²) in [7, 11) is 0. The van der Waals surface area contributed by atoms with Crippen molar-refractivity contribution < 1.29 is 19.7 Å². The zero-order valence-electron chi connectivity index (χ0n) is 25.1. The molecule has 3 N–H and O–H groups in total. The number of aliphatic hydroxyl groups excluding tert-OH is 3. The zero-order chi connectivity index (χ0) is 28.5. The lowest BCUT2D eigenvalue weighted by Gasteiger charge is -2.44. The van der Waals surface area contributed by atoms with Crippen molar-refractivity contribution in [2.75, 3.05) is 0 Å². The summed E-state index contributed by atoms with van der Waals surface area (Å²) in [5.41, 5.74) is 4.56. The Morgan fingerprint density at radius 3 is 2.67 bits per heavy atom. The molecule has 4 heteroatoms. The molecule has 0 aliphatic heterocycles. The Balaban J connectivity index is 1.24. The second kappa shape index (κ2) is 12.2. The first-order chi connectivity index (χ1) is 19.2. The van der Waals surface area contributed by atoms with Gasteiger partial charge in [-0.2, -0.15) is 0 Å². The Bertz CT molecular complexity index is 1130. The van der Waals surface area contributed by atoms with Crippen molar-refractivity contribution in [2.45, 2.75) is 128 Å². The van der Waals surface area contributed by atoms with Gasteiger partial charge in [-0.3, -0.25) is 0 Å². The molecule has 5 rings (SSSR count). The van der Waals surface area contributed by atoms with Gasteiger partial charge < -0.3 is 19.7 Å². The van der Waals surface area contributed by atoms with Crippen molar-refractivity contribution in [1.82, 2.24) is 0 Å². The van der Waals surface area contributed by atoms with Crippen LogP contribution < -0.4 is 0 Å². The van der Waals surface area contributed by atoms with Crippen LogP contribution in [0.4, 0.5) is 0 Å².